The van der Waals surface area contributed by atoms with Gasteiger partial charge in [0.2, 0.25) is 0 Å². The maximum Gasteiger partial charge on any atom is 0.123 e. The molecule has 0 radical (unpaired) electrons. The van der Waals surface area contributed by atoms with Crippen LogP contribution in [0.1, 0.15) is 11.1 Å². The van der Waals surface area contributed by atoms with Gasteiger partial charge in [-0.15, -0.1) is 0 Å². The van der Waals surface area contributed by atoms with Crippen molar-refractivity contribution in [3.63, 3.8) is 0 Å². The van der Waals surface area contributed by atoms with Gasteiger partial charge in [-0.3, -0.25) is 0 Å². The van der Waals surface area contributed by atoms with Crippen LogP contribution in [0.2, 0.25) is 0 Å². The highest BCUT2D eigenvalue weighted by atomic mass is 16.5. The minimum Gasteiger partial charge on any atom is -0.496 e. The Morgan fingerprint density at radius 2 is 1.91 bits per heavy atom. The maximum absolute atomic E-state index is 5.33. The highest BCUT2D eigenvalue weighted by molar-refractivity contribution is 5.99. The fourth-order valence-corrected chi connectivity index (χ4v) is 2.57. The van der Waals surface area contributed by atoms with E-state index in [1.165, 1.54) is 10.9 Å². The molecule has 3 rings (SSSR count). The fourth-order valence-electron chi connectivity index (χ4n) is 2.57. The van der Waals surface area contributed by atoms with Gasteiger partial charge in [-0.2, -0.15) is 5.10 Å². The largest absolute Gasteiger partial charge is 0.496 e. The van der Waals surface area contributed by atoms with Crippen molar-refractivity contribution in [3.05, 3.63) is 65.9 Å². The Bertz CT molecular complexity index is 805. The molecule has 0 aliphatic heterocycles. The van der Waals surface area contributed by atoms with Gasteiger partial charge in [-0.1, -0.05) is 36.4 Å². The van der Waals surface area contributed by atoms with Crippen molar-refractivity contribution in [1.82, 2.24) is 9.99 Å². The number of aromatic nitrogens is 1. The average molecular weight is 293 g/mol. The normalized spacial score (nSPS) is 11.2. The molecule has 4 nitrogen and oxygen atoms in total. The summed E-state index contributed by atoms with van der Waals surface area (Å²) in [7, 11) is 3.72. The quantitative estimate of drug-likeness (QED) is 0.579. The van der Waals surface area contributed by atoms with Crippen LogP contribution in [0.4, 0.5) is 0 Å². The SMILES string of the molecule is COc1ccccc1CN/N=C\c1cn(C)c2ccccc12. The summed E-state index contributed by atoms with van der Waals surface area (Å²) in [5, 5.41) is 5.53. The summed E-state index contributed by atoms with van der Waals surface area (Å²) < 4.78 is 7.43. The number of ether oxygens (including phenoxy) is 1. The number of hydrogen-bond donors (Lipinski definition) is 1. The lowest BCUT2D eigenvalue weighted by Gasteiger charge is -2.07. The van der Waals surface area contributed by atoms with Gasteiger partial charge in [0.05, 0.1) is 19.9 Å². The van der Waals surface area contributed by atoms with Crippen LogP contribution < -0.4 is 10.2 Å². The molecule has 0 saturated carbocycles. The lowest BCUT2D eigenvalue weighted by atomic mass is 10.2. The molecule has 0 spiro atoms. The molecular weight excluding hydrogens is 274 g/mol. The van der Waals surface area contributed by atoms with Crippen LogP contribution in [-0.2, 0) is 13.6 Å². The highest BCUT2D eigenvalue weighted by Gasteiger charge is 2.03. The first-order chi connectivity index (χ1) is 10.8. The Morgan fingerprint density at radius 3 is 2.77 bits per heavy atom. The van der Waals surface area contributed by atoms with E-state index >= 15 is 0 Å². The Kier molecular flexibility index (Phi) is 4.10. The van der Waals surface area contributed by atoms with Crippen LogP contribution in [0, 0.1) is 0 Å². The lowest BCUT2D eigenvalue weighted by molar-refractivity contribution is 0.408. The topological polar surface area (TPSA) is 38.5 Å². The number of hydrogen-bond acceptors (Lipinski definition) is 3. The Morgan fingerprint density at radius 1 is 1.14 bits per heavy atom. The second-order valence-electron chi connectivity index (χ2n) is 5.12. The van der Waals surface area contributed by atoms with Crippen LogP contribution >= 0.6 is 0 Å². The van der Waals surface area contributed by atoms with Gasteiger partial charge in [0.1, 0.15) is 5.75 Å². The molecule has 0 fully saturated rings. The zero-order chi connectivity index (χ0) is 15.4. The van der Waals surface area contributed by atoms with Gasteiger partial charge in [-0.25, -0.2) is 0 Å². The Hall–Kier alpha value is -2.75. The number of rotatable bonds is 5. The molecule has 0 saturated heterocycles. The zero-order valence-electron chi connectivity index (χ0n) is 12.8. The van der Waals surface area contributed by atoms with Crippen molar-refractivity contribution >= 4 is 17.1 Å². The van der Waals surface area contributed by atoms with Gasteiger partial charge in [0.15, 0.2) is 0 Å². The minimum absolute atomic E-state index is 0.630. The molecule has 4 heteroatoms. The van der Waals surface area contributed by atoms with Crippen LogP contribution in [-0.4, -0.2) is 17.9 Å². The molecule has 0 aliphatic rings. The molecule has 112 valence electrons. The van der Waals surface area contributed by atoms with Gasteiger partial charge < -0.3 is 14.7 Å². The second kappa shape index (κ2) is 6.35. The number of aryl methyl sites for hydroxylation is 1. The van der Waals surface area contributed by atoms with Crippen molar-refractivity contribution in [2.24, 2.45) is 12.1 Å². The first-order valence-corrected chi connectivity index (χ1v) is 7.21. The predicted octanol–water partition coefficient (Wildman–Crippen LogP) is 3.31. The number of para-hydroxylation sites is 2. The van der Waals surface area contributed by atoms with E-state index in [0.717, 1.165) is 16.9 Å². The number of nitrogens with zero attached hydrogens (tertiary/aromatic N) is 2. The lowest BCUT2D eigenvalue weighted by Crippen LogP contribution is -2.06. The van der Waals surface area contributed by atoms with E-state index in [1.807, 2.05) is 49.7 Å². The van der Waals surface area contributed by atoms with Gasteiger partial charge in [0, 0.05) is 35.3 Å². The summed E-state index contributed by atoms with van der Waals surface area (Å²) >= 11 is 0. The molecule has 1 aromatic heterocycles. The smallest absolute Gasteiger partial charge is 0.123 e. The van der Waals surface area contributed by atoms with Gasteiger partial charge >= 0.3 is 0 Å². The van der Waals surface area contributed by atoms with E-state index in [0.29, 0.717) is 6.54 Å². The number of hydrazone groups is 1. The van der Waals surface area contributed by atoms with Crippen LogP contribution in [0.5, 0.6) is 5.75 Å². The maximum atomic E-state index is 5.33. The van der Waals surface area contributed by atoms with Crippen LogP contribution in [0.25, 0.3) is 10.9 Å². The van der Waals surface area contributed by atoms with Crippen LogP contribution in [0.3, 0.4) is 0 Å². The van der Waals surface area contributed by atoms with E-state index in [-0.39, 0.29) is 0 Å². The molecule has 0 unspecified atom stereocenters. The molecule has 1 N–H and O–H groups in total. The van der Waals surface area contributed by atoms with Gasteiger partial charge in [-0.05, 0) is 12.1 Å². The first kappa shape index (κ1) is 14.2. The summed E-state index contributed by atoms with van der Waals surface area (Å²) in [6, 6.07) is 16.2. The van der Waals surface area contributed by atoms with Crippen LogP contribution in [0.15, 0.2) is 59.8 Å². The third kappa shape index (κ3) is 2.81. The van der Waals surface area contributed by atoms with Gasteiger partial charge in [0.25, 0.3) is 0 Å². The molecule has 1 heterocycles. The Labute approximate surface area is 130 Å². The minimum atomic E-state index is 0.630. The molecule has 0 atom stereocenters. The number of nitrogens with one attached hydrogen (secondary N) is 1. The Balaban J connectivity index is 1.72. The third-order valence-electron chi connectivity index (χ3n) is 3.68. The van der Waals surface area contributed by atoms with E-state index in [2.05, 4.69) is 33.4 Å². The third-order valence-corrected chi connectivity index (χ3v) is 3.68. The summed E-state index contributed by atoms with van der Waals surface area (Å²) in [6.07, 6.45) is 3.94. The number of methoxy groups -OCH3 is 1. The first-order valence-electron chi connectivity index (χ1n) is 7.21. The molecule has 0 aliphatic carbocycles. The molecular formula is C18H19N3O. The number of benzene rings is 2. The van der Waals surface area contributed by atoms with Crippen molar-refractivity contribution < 1.29 is 4.74 Å². The highest BCUT2D eigenvalue weighted by Crippen LogP contribution is 2.19. The van der Waals surface area contributed by atoms with Crippen molar-refractivity contribution in [2.75, 3.05) is 7.11 Å². The molecule has 22 heavy (non-hydrogen) atoms. The van der Waals surface area contributed by atoms with E-state index in [1.54, 1.807) is 7.11 Å². The summed E-state index contributed by atoms with van der Waals surface area (Å²) in [6.45, 7) is 0.630. The molecule has 0 amide bonds. The van der Waals surface area contributed by atoms with E-state index < -0.39 is 0 Å². The second-order valence-corrected chi connectivity index (χ2v) is 5.12. The van der Waals surface area contributed by atoms with Crippen molar-refractivity contribution in [2.45, 2.75) is 6.54 Å². The summed E-state index contributed by atoms with van der Waals surface area (Å²) in [5.41, 5.74) is 6.47. The molecule has 2 aromatic carbocycles. The van der Waals surface area contributed by atoms with Crippen molar-refractivity contribution in [1.29, 1.82) is 0 Å². The molecule has 0 bridgehead atoms. The monoisotopic (exact) mass is 293 g/mol. The average Bonchev–Trinajstić information content (AvgIpc) is 2.89. The zero-order valence-corrected chi connectivity index (χ0v) is 12.8. The fraction of sp³-hybridized carbons (Fsp3) is 0.167. The summed E-state index contributed by atoms with van der Waals surface area (Å²) in [5.74, 6) is 0.871. The van der Waals surface area contributed by atoms with E-state index in [4.69, 9.17) is 4.74 Å². The molecule has 3 aromatic rings. The van der Waals surface area contributed by atoms with E-state index in [9.17, 15) is 0 Å². The predicted molar refractivity (Wildman–Crippen MR) is 90.3 cm³/mol. The summed E-state index contributed by atoms with van der Waals surface area (Å²) in [4.78, 5) is 0. The standard InChI is InChI=1S/C18H19N3O/c1-21-13-15(16-8-4-5-9-17(16)21)12-20-19-11-14-7-3-6-10-18(14)22-2/h3-10,12-13,19H,11H2,1-2H3/b20-12-. The number of fused-ring (bicyclic) bond motifs is 1. The van der Waals surface area contributed by atoms with Crippen molar-refractivity contribution in [3.8, 4) is 5.75 Å².